The molecule has 1 aliphatic carbocycles. The number of hydrogen-bond acceptors (Lipinski definition) is 3. The first-order valence-electron chi connectivity index (χ1n) is 6.37. The quantitative estimate of drug-likeness (QED) is 0.829. The van der Waals surface area contributed by atoms with Gasteiger partial charge < -0.3 is 5.32 Å². The van der Waals surface area contributed by atoms with E-state index in [2.05, 4.69) is 26.0 Å². The molecule has 0 aliphatic heterocycles. The van der Waals surface area contributed by atoms with E-state index in [1.165, 1.54) is 0 Å². The molecule has 0 aromatic heterocycles. The van der Waals surface area contributed by atoms with Crippen molar-refractivity contribution in [3.63, 3.8) is 0 Å². The van der Waals surface area contributed by atoms with Gasteiger partial charge in [0, 0.05) is 17.6 Å². The molecule has 1 fully saturated rings. The summed E-state index contributed by atoms with van der Waals surface area (Å²) in [5, 5.41) is 3.04. The van der Waals surface area contributed by atoms with Crippen LogP contribution in [0.4, 0.5) is 0 Å². The van der Waals surface area contributed by atoms with Crippen LogP contribution in [0.2, 0.25) is 0 Å². The molecule has 19 heavy (non-hydrogen) atoms. The van der Waals surface area contributed by atoms with Crippen molar-refractivity contribution in [3.8, 4) is 0 Å². The minimum absolute atomic E-state index is 0.332. The van der Waals surface area contributed by atoms with Gasteiger partial charge in [-0.2, -0.15) is 0 Å². The lowest BCUT2D eigenvalue weighted by Crippen LogP contribution is -2.26. The van der Waals surface area contributed by atoms with Gasteiger partial charge in [0.25, 0.3) is 0 Å². The summed E-state index contributed by atoms with van der Waals surface area (Å²) < 4.78 is 28.0. The van der Waals surface area contributed by atoms with Crippen molar-refractivity contribution in [1.82, 2.24) is 10.0 Å². The number of sulfonamides is 1. The van der Waals surface area contributed by atoms with Crippen molar-refractivity contribution < 1.29 is 8.42 Å². The molecule has 1 aromatic carbocycles. The van der Waals surface area contributed by atoms with Gasteiger partial charge in [-0.15, -0.1) is 0 Å². The summed E-state index contributed by atoms with van der Waals surface area (Å²) in [6, 6.07) is 3.71. The van der Waals surface area contributed by atoms with E-state index >= 15 is 0 Å². The highest BCUT2D eigenvalue weighted by molar-refractivity contribution is 9.10. The molecule has 4 nitrogen and oxygen atoms in total. The smallest absolute Gasteiger partial charge is 0.241 e. The van der Waals surface area contributed by atoms with Gasteiger partial charge in [-0.1, -0.05) is 6.07 Å². The molecule has 0 unspecified atom stereocenters. The van der Waals surface area contributed by atoms with Gasteiger partial charge in [0.2, 0.25) is 10.0 Å². The maximum atomic E-state index is 12.3. The van der Waals surface area contributed by atoms with Crippen molar-refractivity contribution in [2.75, 3.05) is 13.6 Å². The van der Waals surface area contributed by atoms with Crippen LogP contribution in [-0.2, 0) is 16.6 Å². The van der Waals surface area contributed by atoms with Crippen molar-refractivity contribution in [2.45, 2.75) is 31.2 Å². The standard InChI is InChI=1S/C13H19BrN2O2S/c1-9-5-11(7-15-2)6-12(13(9)14)19(17,18)16-8-10-3-4-10/h5-6,10,15-16H,3-4,7-8H2,1-2H3. The molecular formula is C13H19BrN2O2S. The molecule has 0 amide bonds. The van der Waals surface area contributed by atoms with Crippen LogP contribution in [0.15, 0.2) is 21.5 Å². The van der Waals surface area contributed by atoms with Crippen molar-refractivity contribution in [1.29, 1.82) is 0 Å². The van der Waals surface area contributed by atoms with E-state index in [1.54, 1.807) is 6.07 Å². The zero-order valence-corrected chi connectivity index (χ0v) is 13.6. The third kappa shape index (κ3) is 3.78. The average Bonchev–Trinajstić information content (AvgIpc) is 3.15. The maximum absolute atomic E-state index is 12.3. The Morgan fingerprint density at radius 3 is 2.63 bits per heavy atom. The van der Waals surface area contributed by atoms with E-state index in [1.807, 2.05) is 20.0 Å². The van der Waals surface area contributed by atoms with Crippen LogP contribution in [0.3, 0.4) is 0 Å². The minimum atomic E-state index is -3.43. The van der Waals surface area contributed by atoms with Crippen LogP contribution in [0, 0.1) is 12.8 Å². The zero-order chi connectivity index (χ0) is 14.0. The number of nitrogens with one attached hydrogen (secondary N) is 2. The molecule has 0 heterocycles. The number of aryl methyl sites for hydroxylation is 1. The first-order valence-corrected chi connectivity index (χ1v) is 8.65. The highest BCUT2D eigenvalue weighted by atomic mass is 79.9. The zero-order valence-electron chi connectivity index (χ0n) is 11.2. The first-order chi connectivity index (χ1) is 8.94. The van der Waals surface area contributed by atoms with Crippen molar-refractivity contribution in [2.24, 2.45) is 5.92 Å². The summed E-state index contributed by atoms with van der Waals surface area (Å²) in [7, 11) is -1.59. The highest BCUT2D eigenvalue weighted by Crippen LogP contribution is 2.30. The number of benzene rings is 1. The average molecular weight is 347 g/mol. The van der Waals surface area contributed by atoms with Crippen LogP contribution in [0.1, 0.15) is 24.0 Å². The van der Waals surface area contributed by atoms with Gasteiger partial charge in [-0.25, -0.2) is 13.1 Å². The second kappa shape index (κ2) is 5.91. The normalized spacial score (nSPS) is 15.7. The molecule has 0 bridgehead atoms. The largest absolute Gasteiger partial charge is 0.316 e. The van der Waals surface area contributed by atoms with E-state index in [9.17, 15) is 8.42 Å². The molecule has 6 heteroatoms. The van der Waals surface area contributed by atoms with Gasteiger partial charge in [-0.05, 0) is 65.9 Å². The monoisotopic (exact) mass is 346 g/mol. The molecule has 0 spiro atoms. The summed E-state index contributed by atoms with van der Waals surface area (Å²) in [4.78, 5) is 0.332. The molecule has 1 saturated carbocycles. The molecule has 106 valence electrons. The third-order valence-corrected chi connectivity index (χ3v) is 5.97. The van der Waals surface area contributed by atoms with Crippen LogP contribution in [-0.4, -0.2) is 22.0 Å². The Balaban J connectivity index is 2.30. The Kier molecular flexibility index (Phi) is 4.66. The van der Waals surface area contributed by atoms with E-state index in [4.69, 9.17) is 0 Å². The second-order valence-corrected chi connectivity index (χ2v) is 7.58. The molecular weight excluding hydrogens is 328 g/mol. The molecule has 0 radical (unpaired) electrons. The van der Waals surface area contributed by atoms with Gasteiger partial charge in [-0.3, -0.25) is 0 Å². The van der Waals surface area contributed by atoms with Crippen molar-refractivity contribution in [3.05, 3.63) is 27.7 Å². The van der Waals surface area contributed by atoms with Crippen LogP contribution in [0.25, 0.3) is 0 Å². The number of hydrogen-bond donors (Lipinski definition) is 2. The van der Waals surface area contributed by atoms with E-state index in [0.29, 0.717) is 28.4 Å². The molecule has 2 rings (SSSR count). The van der Waals surface area contributed by atoms with E-state index < -0.39 is 10.0 Å². The van der Waals surface area contributed by atoms with Crippen LogP contribution >= 0.6 is 15.9 Å². The molecule has 2 N–H and O–H groups in total. The lowest BCUT2D eigenvalue weighted by Gasteiger charge is -2.12. The van der Waals surface area contributed by atoms with Gasteiger partial charge in [0.05, 0.1) is 4.90 Å². The Morgan fingerprint density at radius 1 is 1.37 bits per heavy atom. The number of rotatable bonds is 6. The highest BCUT2D eigenvalue weighted by Gasteiger charge is 2.25. The molecule has 0 saturated heterocycles. The fraction of sp³-hybridized carbons (Fsp3) is 0.538. The summed E-state index contributed by atoms with van der Waals surface area (Å²) in [6.45, 7) is 3.10. The van der Waals surface area contributed by atoms with E-state index in [-0.39, 0.29) is 0 Å². The lowest BCUT2D eigenvalue weighted by atomic mass is 10.1. The fourth-order valence-corrected chi connectivity index (χ4v) is 4.12. The SMILES string of the molecule is CNCc1cc(C)c(Br)c(S(=O)(=O)NCC2CC2)c1. The Bertz CT molecular complexity index is 568. The number of halogens is 1. The van der Waals surface area contributed by atoms with Gasteiger partial charge in [0.1, 0.15) is 0 Å². The Labute approximate surface area is 123 Å². The predicted molar refractivity (Wildman–Crippen MR) is 79.6 cm³/mol. The summed E-state index contributed by atoms with van der Waals surface area (Å²) in [5.74, 6) is 0.523. The minimum Gasteiger partial charge on any atom is -0.316 e. The van der Waals surface area contributed by atoms with Crippen molar-refractivity contribution >= 4 is 26.0 Å². The van der Waals surface area contributed by atoms with Gasteiger partial charge >= 0.3 is 0 Å². The summed E-state index contributed by atoms with van der Waals surface area (Å²) in [6.07, 6.45) is 2.25. The van der Waals surface area contributed by atoms with E-state index in [0.717, 1.165) is 24.0 Å². The topological polar surface area (TPSA) is 58.2 Å². The molecule has 1 aromatic rings. The van der Waals surface area contributed by atoms with Gasteiger partial charge in [0.15, 0.2) is 0 Å². The van der Waals surface area contributed by atoms with Crippen LogP contribution < -0.4 is 10.0 Å². The first kappa shape index (κ1) is 15.0. The summed E-state index contributed by atoms with van der Waals surface area (Å²) >= 11 is 3.38. The lowest BCUT2D eigenvalue weighted by molar-refractivity contribution is 0.576. The second-order valence-electron chi connectivity index (χ2n) is 5.05. The molecule has 0 atom stereocenters. The Hall–Kier alpha value is -0.430. The summed E-state index contributed by atoms with van der Waals surface area (Å²) in [5.41, 5.74) is 1.90. The fourth-order valence-electron chi connectivity index (χ4n) is 1.94. The molecule has 1 aliphatic rings. The van der Waals surface area contributed by atoms with Crippen LogP contribution in [0.5, 0.6) is 0 Å². The Morgan fingerprint density at radius 2 is 2.05 bits per heavy atom. The third-order valence-electron chi connectivity index (χ3n) is 3.21. The predicted octanol–water partition coefficient (Wildman–Crippen LogP) is 2.17. The maximum Gasteiger partial charge on any atom is 0.241 e.